The van der Waals surface area contributed by atoms with Crippen LogP contribution in [0, 0.1) is 0 Å². The van der Waals surface area contributed by atoms with E-state index >= 15 is 0 Å². The Kier molecular flexibility index (Phi) is 5.68. The topological polar surface area (TPSA) is 33.7 Å². The molecule has 1 fully saturated rings. The van der Waals surface area contributed by atoms with Crippen molar-refractivity contribution in [2.45, 2.75) is 19.8 Å². The van der Waals surface area contributed by atoms with E-state index in [1.54, 1.807) is 14.2 Å². The van der Waals surface area contributed by atoms with E-state index in [2.05, 4.69) is 29.3 Å². The van der Waals surface area contributed by atoms with E-state index in [1.807, 2.05) is 0 Å². The summed E-state index contributed by atoms with van der Waals surface area (Å²) in [6, 6.07) is 4.20. The molecular formula is C16H26N2O2. The molecule has 0 bridgehead atoms. The standard InChI is InChI=1S/C16H26N2O2/c1-4-14-15(19-2)6-5-13(16(14)20-3)7-10-18-11-8-17-9-12-18/h5-6,17H,4,7-12H2,1-3H3. The highest BCUT2D eigenvalue weighted by Crippen LogP contribution is 2.33. The first-order chi connectivity index (χ1) is 9.80. The van der Waals surface area contributed by atoms with Gasteiger partial charge in [0.1, 0.15) is 11.5 Å². The monoisotopic (exact) mass is 278 g/mol. The molecule has 0 aromatic heterocycles. The van der Waals surface area contributed by atoms with Crippen LogP contribution in [-0.4, -0.2) is 51.8 Å². The summed E-state index contributed by atoms with van der Waals surface area (Å²) in [5.74, 6) is 1.93. The predicted octanol–water partition coefficient (Wildman–Crippen LogP) is 1.71. The number of ether oxygens (including phenoxy) is 2. The van der Waals surface area contributed by atoms with Gasteiger partial charge in [-0.2, -0.15) is 0 Å². The molecule has 0 spiro atoms. The van der Waals surface area contributed by atoms with Crippen LogP contribution in [0.1, 0.15) is 18.1 Å². The molecule has 1 aliphatic rings. The lowest BCUT2D eigenvalue weighted by molar-refractivity contribution is 0.243. The quantitative estimate of drug-likeness (QED) is 0.859. The second-order valence-corrected chi connectivity index (χ2v) is 5.13. The van der Waals surface area contributed by atoms with Gasteiger partial charge in [0.15, 0.2) is 0 Å². The van der Waals surface area contributed by atoms with E-state index in [1.165, 1.54) is 11.1 Å². The zero-order valence-electron chi connectivity index (χ0n) is 12.9. The molecule has 1 aliphatic heterocycles. The van der Waals surface area contributed by atoms with Crippen LogP contribution in [0.25, 0.3) is 0 Å². The Morgan fingerprint density at radius 2 is 1.90 bits per heavy atom. The summed E-state index contributed by atoms with van der Waals surface area (Å²) in [6.07, 6.45) is 1.95. The van der Waals surface area contributed by atoms with Gasteiger partial charge in [0, 0.05) is 38.3 Å². The fraction of sp³-hybridized carbons (Fsp3) is 0.625. The molecule has 0 atom stereocenters. The number of nitrogens with zero attached hydrogens (tertiary/aromatic N) is 1. The van der Waals surface area contributed by atoms with Crippen LogP contribution in [0.2, 0.25) is 0 Å². The molecule has 1 heterocycles. The predicted molar refractivity (Wildman–Crippen MR) is 81.9 cm³/mol. The minimum absolute atomic E-state index is 0.924. The van der Waals surface area contributed by atoms with E-state index in [0.29, 0.717) is 0 Å². The largest absolute Gasteiger partial charge is 0.496 e. The van der Waals surface area contributed by atoms with Crippen LogP contribution in [0.5, 0.6) is 11.5 Å². The fourth-order valence-electron chi connectivity index (χ4n) is 2.85. The van der Waals surface area contributed by atoms with Gasteiger partial charge in [0.25, 0.3) is 0 Å². The number of hydrogen-bond donors (Lipinski definition) is 1. The second-order valence-electron chi connectivity index (χ2n) is 5.13. The van der Waals surface area contributed by atoms with Crippen LogP contribution >= 0.6 is 0 Å². The van der Waals surface area contributed by atoms with Gasteiger partial charge in [0.05, 0.1) is 14.2 Å². The number of nitrogens with one attached hydrogen (secondary N) is 1. The first-order valence-corrected chi connectivity index (χ1v) is 7.46. The fourth-order valence-corrected chi connectivity index (χ4v) is 2.85. The molecular weight excluding hydrogens is 252 g/mol. The van der Waals surface area contributed by atoms with Crippen LogP contribution in [0.4, 0.5) is 0 Å². The summed E-state index contributed by atoms with van der Waals surface area (Å²) in [5.41, 5.74) is 2.46. The zero-order valence-corrected chi connectivity index (χ0v) is 12.9. The lowest BCUT2D eigenvalue weighted by atomic mass is 10.0. The highest BCUT2D eigenvalue weighted by Gasteiger charge is 2.15. The van der Waals surface area contributed by atoms with Crippen molar-refractivity contribution in [3.05, 3.63) is 23.3 Å². The van der Waals surface area contributed by atoms with Crippen molar-refractivity contribution in [1.29, 1.82) is 0 Å². The van der Waals surface area contributed by atoms with Crippen LogP contribution < -0.4 is 14.8 Å². The van der Waals surface area contributed by atoms with E-state index in [9.17, 15) is 0 Å². The van der Waals surface area contributed by atoms with Gasteiger partial charge in [-0.15, -0.1) is 0 Å². The molecule has 0 radical (unpaired) electrons. The summed E-state index contributed by atoms with van der Waals surface area (Å²) < 4.78 is 11.1. The van der Waals surface area contributed by atoms with Gasteiger partial charge in [-0.3, -0.25) is 0 Å². The van der Waals surface area contributed by atoms with E-state index < -0.39 is 0 Å². The normalized spacial score (nSPS) is 16.1. The molecule has 4 heteroatoms. The summed E-state index contributed by atoms with van der Waals surface area (Å²) in [6.45, 7) is 7.70. The van der Waals surface area contributed by atoms with Crippen LogP contribution in [-0.2, 0) is 12.8 Å². The first kappa shape index (κ1) is 15.1. The molecule has 0 unspecified atom stereocenters. The van der Waals surface area contributed by atoms with Crippen molar-refractivity contribution >= 4 is 0 Å². The van der Waals surface area contributed by atoms with Crippen molar-refractivity contribution in [3.8, 4) is 11.5 Å². The highest BCUT2D eigenvalue weighted by atomic mass is 16.5. The van der Waals surface area contributed by atoms with Crippen molar-refractivity contribution in [2.24, 2.45) is 0 Å². The number of benzene rings is 1. The lowest BCUT2D eigenvalue weighted by Gasteiger charge is -2.27. The maximum absolute atomic E-state index is 5.64. The maximum Gasteiger partial charge on any atom is 0.128 e. The summed E-state index contributed by atoms with van der Waals surface area (Å²) >= 11 is 0. The van der Waals surface area contributed by atoms with E-state index in [4.69, 9.17) is 9.47 Å². The molecule has 1 aromatic rings. The Morgan fingerprint density at radius 3 is 2.50 bits per heavy atom. The summed E-state index contributed by atoms with van der Waals surface area (Å²) in [5, 5.41) is 3.39. The Morgan fingerprint density at radius 1 is 1.15 bits per heavy atom. The third kappa shape index (κ3) is 3.44. The van der Waals surface area contributed by atoms with Crippen molar-refractivity contribution in [2.75, 3.05) is 46.9 Å². The van der Waals surface area contributed by atoms with Gasteiger partial charge >= 0.3 is 0 Å². The Labute approximate surface area is 122 Å². The molecule has 1 saturated heterocycles. The molecule has 20 heavy (non-hydrogen) atoms. The Balaban J connectivity index is 2.10. The highest BCUT2D eigenvalue weighted by molar-refractivity contribution is 5.50. The van der Waals surface area contributed by atoms with Crippen molar-refractivity contribution < 1.29 is 9.47 Å². The molecule has 0 amide bonds. The number of piperazine rings is 1. The van der Waals surface area contributed by atoms with Gasteiger partial charge in [0.2, 0.25) is 0 Å². The van der Waals surface area contributed by atoms with Crippen molar-refractivity contribution in [3.63, 3.8) is 0 Å². The third-order valence-corrected chi connectivity index (χ3v) is 3.98. The van der Waals surface area contributed by atoms with Gasteiger partial charge in [-0.05, 0) is 24.5 Å². The summed E-state index contributed by atoms with van der Waals surface area (Å²) in [4.78, 5) is 2.51. The SMILES string of the molecule is CCc1c(OC)ccc(CCN2CCNCC2)c1OC. The summed E-state index contributed by atoms with van der Waals surface area (Å²) in [7, 11) is 3.47. The third-order valence-electron chi connectivity index (χ3n) is 3.98. The average molecular weight is 278 g/mol. The van der Waals surface area contributed by atoms with Crippen LogP contribution in [0.15, 0.2) is 12.1 Å². The van der Waals surface area contributed by atoms with E-state index in [0.717, 1.165) is 57.1 Å². The van der Waals surface area contributed by atoms with Gasteiger partial charge in [-0.25, -0.2) is 0 Å². The molecule has 112 valence electrons. The Bertz CT molecular complexity index is 429. The first-order valence-electron chi connectivity index (χ1n) is 7.46. The number of hydrogen-bond acceptors (Lipinski definition) is 4. The minimum atomic E-state index is 0.924. The number of rotatable bonds is 6. The lowest BCUT2D eigenvalue weighted by Crippen LogP contribution is -2.44. The Hall–Kier alpha value is -1.26. The van der Waals surface area contributed by atoms with E-state index in [-0.39, 0.29) is 0 Å². The maximum atomic E-state index is 5.64. The molecule has 4 nitrogen and oxygen atoms in total. The van der Waals surface area contributed by atoms with Gasteiger partial charge < -0.3 is 19.7 Å². The van der Waals surface area contributed by atoms with Gasteiger partial charge in [-0.1, -0.05) is 13.0 Å². The minimum Gasteiger partial charge on any atom is -0.496 e. The van der Waals surface area contributed by atoms with Crippen molar-refractivity contribution in [1.82, 2.24) is 10.2 Å². The smallest absolute Gasteiger partial charge is 0.128 e. The molecule has 2 rings (SSSR count). The molecule has 0 saturated carbocycles. The molecule has 1 N–H and O–H groups in total. The second kappa shape index (κ2) is 7.50. The zero-order chi connectivity index (χ0) is 14.4. The van der Waals surface area contributed by atoms with Crippen LogP contribution in [0.3, 0.4) is 0 Å². The number of methoxy groups -OCH3 is 2. The molecule has 0 aliphatic carbocycles. The molecule has 1 aromatic carbocycles. The average Bonchev–Trinajstić information content (AvgIpc) is 2.52.